The second-order valence-corrected chi connectivity index (χ2v) is 7.09. The summed E-state index contributed by atoms with van der Waals surface area (Å²) in [5, 5.41) is 10.5. The van der Waals surface area contributed by atoms with E-state index in [9.17, 15) is 18.7 Å². The monoisotopic (exact) mass is 400 g/mol. The van der Waals surface area contributed by atoms with Gasteiger partial charge in [0, 0.05) is 10.8 Å². The van der Waals surface area contributed by atoms with Gasteiger partial charge >= 0.3 is 5.97 Å². The van der Waals surface area contributed by atoms with Crippen molar-refractivity contribution in [3.05, 3.63) is 71.8 Å². The maximum atomic E-state index is 14.8. The highest BCUT2D eigenvalue weighted by atomic mass is 32.1. The molecular formula is C21H14F2O4S. The third-order valence-electron chi connectivity index (χ3n) is 4.22. The fourth-order valence-electron chi connectivity index (χ4n) is 2.84. The standard InChI is InChI=1S/C21H14F2O4S/c22-18-15(24)8-6-13-14-7-9-16(19(23)21(14)28-20(13)18)26-11-17(25)27-10-12-4-2-1-3-5-12/h1-9,24H,10-11H2. The highest BCUT2D eigenvalue weighted by molar-refractivity contribution is 7.25. The van der Waals surface area contributed by atoms with Gasteiger partial charge in [0.25, 0.3) is 0 Å². The fraction of sp³-hybridized carbons (Fsp3) is 0.0952. The molecule has 4 nitrogen and oxygen atoms in total. The molecule has 0 saturated carbocycles. The molecule has 142 valence electrons. The van der Waals surface area contributed by atoms with Gasteiger partial charge in [-0.15, -0.1) is 11.3 Å². The SMILES string of the molecule is O=C(COc1ccc2c(sc3c(F)c(O)ccc32)c1F)OCc1ccccc1. The molecule has 0 saturated heterocycles. The predicted octanol–water partition coefficient (Wildman–Crippen LogP) is 5.16. The first-order valence-electron chi connectivity index (χ1n) is 8.39. The van der Waals surface area contributed by atoms with Gasteiger partial charge in [-0.3, -0.25) is 0 Å². The Hall–Kier alpha value is -3.19. The number of benzene rings is 3. The van der Waals surface area contributed by atoms with Gasteiger partial charge in [0.1, 0.15) is 6.61 Å². The molecule has 0 bridgehead atoms. The van der Waals surface area contributed by atoms with Crippen LogP contribution < -0.4 is 4.74 Å². The number of fused-ring (bicyclic) bond motifs is 3. The second-order valence-electron chi connectivity index (χ2n) is 6.07. The van der Waals surface area contributed by atoms with Crippen LogP contribution in [-0.4, -0.2) is 17.7 Å². The summed E-state index contributed by atoms with van der Waals surface area (Å²) in [4.78, 5) is 11.8. The van der Waals surface area contributed by atoms with Crippen molar-refractivity contribution < 1.29 is 28.2 Å². The normalized spacial score (nSPS) is 11.1. The zero-order chi connectivity index (χ0) is 19.7. The lowest BCUT2D eigenvalue weighted by atomic mass is 10.1. The molecule has 1 aromatic heterocycles. The smallest absolute Gasteiger partial charge is 0.344 e. The number of phenols is 1. The minimum Gasteiger partial charge on any atom is -0.505 e. The van der Waals surface area contributed by atoms with Gasteiger partial charge in [0.15, 0.2) is 29.7 Å². The highest BCUT2D eigenvalue weighted by Gasteiger charge is 2.18. The van der Waals surface area contributed by atoms with E-state index in [0.717, 1.165) is 16.9 Å². The van der Waals surface area contributed by atoms with Crippen molar-refractivity contribution in [2.45, 2.75) is 6.61 Å². The molecule has 0 unspecified atom stereocenters. The van der Waals surface area contributed by atoms with Crippen LogP contribution in [-0.2, 0) is 16.1 Å². The Morgan fingerprint density at radius 1 is 0.929 bits per heavy atom. The molecule has 0 aliphatic carbocycles. The first-order chi connectivity index (χ1) is 13.5. The lowest BCUT2D eigenvalue weighted by Gasteiger charge is -2.08. The molecule has 0 aliphatic heterocycles. The van der Waals surface area contributed by atoms with Crippen LogP contribution >= 0.6 is 11.3 Å². The summed E-state index contributed by atoms with van der Waals surface area (Å²) in [5.74, 6) is -2.72. The van der Waals surface area contributed by atoms with Crippen molar-refractivity contribution in [3.63, 3.8) is 0 Å². The number of thiophene rings is 1. The first kappa shape index (κ1) is 18.2. The van der Waals surface area contributed by atoms with Crippen molar-refractivity contribution in [2.24, 2.45) is 0 Å². The molecule has 4 aromatic rings. The largest absolute Gasteiger partial charge is 0.505 e. The fourth-order valence-corrected chi connectivity index (χ4v) is 4.00. The van der Waals surface area contributed by atoms with E-state index < -0.39 is 30.0 Å². The van der Waals surface area contributed by atoms with E-state index in [2.05, 4.69) is 0 Å². The van der Waals surface area contributed by atoms with Gasteiger partial charge in [0.05, 0.1) is 9.40 Å². The molecule has 3 aromatic carbocycles. The van der Waals surface area contributed by atoms with Crippen LogP contribution in [0.15, 0.2) is 54.6 Å². The Kier molecular flexibility index (Phi) is 4.83. The van der Waals surface area contributed by atoms with Gasteiger partial charge < -0.3 is 14.6 Å². The molecule has 1 N–H and O–H groups in total. The zero-order valence-corrected chi connectivity index (χ0v) is 15.3. The molecule has 0 atom stereocenters. The Morgan fingerprint density at radius 2 is 1.61 bits per heavy atom. The zero-order valence-electron chi connectivity index (χ0n) is 14.4. The topological polar surface area (TPSA) is 55.8 Å². The van der Waals surface area contributed by atoms with Crippen LogP contribution in [0, 0.1) is 11.6 Å². The first-order valence-corrected chi connectivity index (χ1v) is 9.21. The van der Waals surface area contributed by atoms with Crippen LogP contribution in [0.3, 0.4) is 0 Å². The molecule has 1 heterocycles. The highest BCUT2D eigenvalue weighted by Crippen LogP contribution is 2.41. The van der Waals surface area contributed by atoms with Crippen LogP contribution in [0.5, 0.6) is 11.5 Å². The maximum absolute atomic E-state index is 14.8. The van der Waals surface area contributed by atoms with E-state index in [-0.39, 0.29) is 21.8 Å². The number of aromatic hydroxyl groups is 1. The van der Waals surface area contributed by atoms with Gasteiger partial charge in [0.2, 0.25) is 0 Å². The summed E-state index contributed by atoms with van der Waals surface area (Å²) in [7, 11) is 0. The van der Waals surface area contributed by atoms with Crippen LogP contribution in [0.1, 0.15) is 5.56 Å². The molecule has 0 amide bonds. The van der Waals surface area contributed by atoms with Gasteiger partial charge in [-0.25, -0.2) is 13.6 Å². The van der Waals surface area contributed by atoms with E-state index in [1.54, 1.807) is 6.07 Å². The number of hydrogen-bond acceptors (Lipinski definition) is 5. The van der Waals surface area contributed by atoms with Crippen molar-refractivity contribution in [2.75, 3.05) is 6.61 Å². The number of ether oxygens (including phenoxy) is 2. The van der Waals surface area contributed by atoms with E-state index in [0.29, 0.717) is 10.8 Å². The van der Waals surface area contributed by atoms with E-state index in [4.69, 9.17) is 9.47 Å². The second kappa shape index (κ2) is 7.44. The summed E-state index contributed by atoms with van der Waals surface area (Å²) >= 11 is 0.879. The quantitative estimate of drug-likeness (QED) is 0.470. The van der Waals surface area contributed by atoms with Gasteiger partial charge in [-0.1, -0.05) is 30.3 Å². The van der Waals surface area contributed by atoms with Crippen molar-refractivity contribution >= 4 is 37.5 Å². The minimum atomic E-state index is -0.787. The average Bonchev–Trinajstić information content (AvgIpc) is 3.10. The lowest BCUT2D eigenvalue weighted by molar-refractivity contribution is -0.147. The van der Waals surface area contributed by atoms with Crippen LogP contribution in [0.4, 0.5) is 8.78 Å². The summed E-state index contributed by atoms with van der Waals surface area (Å²) in [6.45, 7) is -0.348. The molecule has 28 heavy (non-hydrogen) atoms. The van der Waals surface area contributed by atoms with Gasteiger partial charge in [-0.05, 0) is 29.8 Å². The predicted molar refractivity (Wildman–Crippen MR) is 103 cm³/mol. The summed E-state index contributed by atoms with van der Waals surface area (Å²) in [6, 6.07) is 14.9. The molecule has 0 radical (unpaired) electrons. The van der Waals surface area contributed by atoms with E-state index >= 15 is 0 Å². The van der Waals surface area contributed by atoms with Crippen LogP contribution in [0.2, 0.25) is 0 Å². The molecule has 7 heteroatoms. The number of esters is 1. The molecule has 0 fully saturated rings. The number of carbonyl (C=O) groups excluding carboxylic acids is 1. The van der Waals surface area contributed by atoms with E-state index in [1.165, 1.54) is 18.2 Å². The summed E-state index contributed by atoms with van der Waals surface area (Å²) in [5.41, 5.74) is 0.832. The third kappa shape index (κ3) is 3.36. The Balaban J connectivity index is 1.51. The summed E-state index contributed by atoms with van der Waals surface area (Å²) in [6.07, 6.45) is 0. The van der Waals surface area contributed by atoms with E-state index in [1.807, 2.05) is 30.3 Å². The summed E-state index contributed by atoms with van der Waals surface area (Å²) < 4.78 is 39.6. The number of halogens is 2. The Bertz CT molecular complexity index is 1170. The van der Waals surface area contributed by atoms with Crippen molar-refractivity contribution in [1.29, 1.82) is 0 Å². The maximum Gasteiger partial charge on any atom is 0.344 e. The third-order valence-corrected chi connectivity index (χ3v) is 5.43. The average molecular weight is 400 g/mol. The van der Waals surface area contributed by atoms with Crippen molar-refractivity contribution in [1.82, 2.24) is 0 Å². The molecule has 0 aliphatic rings. The van der Waals surface area contributed by atoms with Crippen molar-refractivity contribution in [3.8, 4) is 11.5 Å². The number of carbonyl (C=O) groups is 1. The Morgan fingerprint density at radius 3 is 2.36 bits per heavy atom. The van der Waals surface area contributed by atoms with Gasteiger partial charge in [-0.2, -0.15) is 0 Å². The molecular weight excluding hydrogens is 386 g/mol. The minimum absolute atomic E-state index is 0.101. The number of rotatable bonds is 5. The number of phenolic OH excluding ortho intramolecular Hbond substituents is 1. The van der Waals surface area contributed by atoms with Crippen LogP contribution in [0.25, 0.3) is 20.2 Å². The molecule has 0 spiro atoms. The molecule has 4 rings (SSSR count). The lowest BCUT2D eigenvalue weighted by Crippen LogP contribution is -2.15. The Labute approximate surface area is 162 Å². The number of hydrogen-bond donors (Lipinski definition) is 1.